The van der Waals surface area contributed by atoms with Crippen LogP contribution in [0.4, 0.5) is 0 Å². The first-order valence-electron chi connectivity index (χ1n) is 3.03. The zero-order valence-electron chi connectivity index (χ0n) is 6.28. The lowest BCUT2D eigenvalue weighted by molar-refractivity contribution is -0.00000469. The predicted molar refractivity (Wildman–Crippen MR) is 43.2 cm³/mol. The van der Waals surface area contributed by atoms with Crippen LogP contribution < -0.4 is 17.0 Å². The quantitative estimate of drug-likeness (QED) is 0.358. The monoisotopic (exact) mass is 244 g/mol. The molecular weight excluding hydrogens is 231 g/mol. The Bertz CT molecular complexity index is 97.7. The van der Waals surface area contributed by atoms with Crippen LogP contribution in [0.3, 0.4) is 0 Å². The first-order valence-corrected chi connectivity index (χ1v) is 5.56. The minimum atomic E-state index is -1.89. The molecule has 0 fully saturated rings. The second kappa shape index (κ2) is 7.19. The third kappa shape index (κ3) is 4.19. The Morgan fingerprint density at radius 3 is 1.55 bits per heavy atom. The van der Waals surface area contributed by atoms with Crippen LogP contribution in [0, 0.1) is 0 Å². The number of aliphatic hydroxyl groups is 3. The van der Waals surface area contributed by atoms with E-state index < -0.39 is 7.26 Å². The third-order valence-electron chi connectivity index (χ3n) is 1.42. The molecule has 0 aromatic rings. The number of allylic oxidation sites excluding steroid dienone is 1. The normalized spacial score (nSPS) is 10.5. The van der Waals surface area contributed by atoms with Crippen molar-refractivity contribution in [1.29, 1.82) is 0 Å². The minimum Gasteiger partial charge on any atom is -1.00 e. The van der Waals surface area contributed by atoms with E-state index in [0.717, 1.165) is 0 Å². The van der Waals surface area contributed by atoms with Gasteiger partial charge in [0.2, 0.25) is 0 Å². The standard InChI is InChI=1S/C6H14O3P.BrH/c1-2-3-10(4-7,5-8)6-9;/h2,7-9H,1,3-6H2;1H/q+1;/p-1. The molecule has 0 saturated heterocycles. The van der Waals surface area contributed by atoms with Crippen LogP contribution in [0.2, 0.25) is 0 Å². The summed E-state index contributed by atoms with van der Waals surface area (Å²) in [4.78, 5) is 0. The SMILES string of the molecule is C=CC[P+](CO)(CO)CO.[Br-]. The van der Waals surface area contributed by atoms with Crippen molar-refractivity contribution in [2.45, 2.75) is 0 Å². The summed E-state index contributed by atoms with van der Waals surface area (Å²) in [6.45, 7) is 3.48. The first-order chi connectivity index (χ1) is 4.74. The molecule has 0 amide bonds. The molecule has 0 atom stereocenters. The molecular formula is C6H14BrO3P. The zero-order valence-corrected chi connectivity index (χ0v) is 8.76. The van der Waals surface area contributed by atoms with Crippen LogP contribution >= 0.6 is 7.26 Å². The molecule has 68 valence electrons. The van der Waals surface area contributed by atoms with E-state index >= 15 is 0 Å². The summed E-state index contributed by atoms with van der Waals surface area (Å²) in [5.74, 6) is 0. The Kier molecular flexibility index (Phi) is 9.21. The summed E-state index contributed by atoms with van der Waals surface area (Å²) >= 11 is 0. The topological polar surface area (TPSA) is 60.7 Å². The molecule has 0 aromatic carbocycles. The van der Waals surface area contributed by atoms with E-state index in [9.17, 15) is 0 Å². The average molecular weight is 245 g/mol. The van der Waals surface area contributed by atoms with Crippen molar-refractivity contribution < 1.29 is 32.3 Å². The lowest BCUT2D eigenvalue weighted by Gasteiger charge is -2.17. The molecule has 0 aliphatic rings. The van der Waals surface area contributed by atoms with Crippen molar-refractivity contribution in [1.82, 2.24) is 0 Å². The van der Waals surface area contributed by atoms with E-state index in [4.69, 9.17) is 15.3 Å². The highest BCUT2D eigenvalue weighted by Crippen LogP contribution is 2.55. The van der Waals surface area contributed by atoms with Gasteiger partial charge in [-0.2, -0.15) is 0 Å². The van der Waals surface area contributed by atoms with Gasteiger partial charge in [-0.3, -0.25) is 0 Å². The fraction of sp³-hybridized carbons (Fsp3) is 0.667. The van der Waals surface area contributed by atoms with Gasteiger partial charge in [0.25, 0.3) is 0 Å². The number of aliphatic hydroxyl groups excluding tert-OH is 3. The second-order valence-corrected chi connectivity index (χ2v) is 6.13. The molecule has 3 N–H and O–H groups in total. The fourth-order valence-corrected chi connectivity index (χ4v) is 1.74. The number of hydrogen-bond donors (Lipinski definition) is 3. The average Bonchev–Trinajstić information content (AvgIpc) is 2.01. The van der Waals surface area contributed by atoms with Gasteiger partial charge in [-0.05, 0) is 0 Å². The smallest absolute Gasteiger partial charge is 0.159 e. The van der Waals surface area contributed by atoms with E-state index in [1.165, 1.54) is 0 Å². The molecule has 0 bridgehead atoms. The largest absolute Gasteiger partial charge is 1.00 e. The predicted octanol–water partition coefficient (Wildman–Crippen LogP) is -2.96. The molecule has 0 aliphatic carbocycles. The summed E-state index contributed by atoms with van der Waals surface area (Å²) in [5, 5.41) is 26.4. The summed E-state index contributed by atoms with van der Waals surface area (Å²) in [6, 6.07) is 0. The number of halogens is 1. The van der Waals surface area contributed by atoms with Gasteiger partial charge < -0.3 is 32.3 Å². The third-order valence-corrected chi connectivity index (χ3v) is 4.25. The van der Waals surface area contributed by atoms with Crippen LogP contribution in [0.1, 0.15) is 0 Å². The highest BCUT2D eigenvalue weighted by atomic mass is 79.9. The molecule has 0 aliphatic heterocycles. The van der Waals surface area contributed by atoms with Gasteiger partial charge >= 0.3 is 0 Å². The van der Waals surface area contributed by atoms with E-state index in [1.807, 2.05) is 0 Å². The maximum atomic E-state index is 8.79. The van der Waals surface area contributed by atoms with Crippen LogP contribution in [-0.4, -0.2) is 40.5 Å². The molecule has 3 nitrogen and oxygen atoms in total. The maximum Gasteiger partial charge on any atom is 0.159 e. The molecule has 0 heterocycles. The Hall–Kier alpha value is 0.530. The minimum absolute atomic E-state index is 0. The van der Waals surface area contributed by atoms with E-state index in [-0.39, 0.29) is 36.0 Å². The van der Waals surface area contributed by atoms with Crippen LogP contribution in [-0.2, 0) is 0 Å². The highest BCUT2D eigenvalue weighted by molar-refractivity contribution is 7.75. The molecule has 5 heteroatoms. The van der Waals surface area contributed by atoms with Gasteiger partial charge in [0, 0.05) is 0 Å². The molecule has 0 unspecified atom stereocenters. The number of rotatable bonds is 5. The molecule has 0 rings (SSSR count). The van der Waals surface area contributed by atoms with Gasteiger partial charge in [0.1, 0.15) is 0 Å². The highest BCUT2D eigenvalue weighted by Gasteiger charge is 2.33. The molecule has 0 radical (unpaired) electrons. The van der Waals surface area contributed by atoms with E-state index in [1.54, 1.807) is 6.08 Å². The molecule has 0 spiro atoms. The van der Waals surface area contributed by atoms with E-state index in [2.05, 4.69) is 6.58 Å². The molecule has 0 saturated carbocycles. The Morgan fingerprint density at radius 2 is 1.45 bits per heavy atom. The van der Waals surface area contributed by atoms with E-state index in [0.29, 0.717) is 6.16 Å². The summed E-state index contributed by atoms with van der Waals surface area (Å²) in [6.07, 6.45) is 1.84. The first kappa shape index (κ1) is 14.1. The molecule has 11 heavy (non-hydrogen) atoms. The van der Waals surface area contributed by atoms with Gasteiger partial charge in [-0.25, -0.2) is 0 Å². The van der Waals surface area contributed by atoms with Crippen molar-refractivity contribution in [3.8, 4) is 0 Å². The van der Waals surface area contributed by atoms with Crippen molar-refractivity contribution in [3.63, 3.8) is 0 Å². The van der Waals surface area contributed by atoms with Crippen molar-refractivity contribution in [3.05, 3.63) is 12.7 Å². The van der Waals surface area contributed by atoms with Crippen molar-refractivity contribution in [2.75, 3.05) is 25.2 Å². The lowest BCUT2D eigenvalue weighted by Crippen LogP contribution is -3.00. The zero-order chi connectivity index (χ0) is 8.04. The van der Waals surface area contributed by atoms with Gasteiger partial charge in [0.05, 0.1) is 13.4 Å². The van der Waals surface area contributed by atoms with Crippen molar-refractivity contribution in [2.24, 2.45) is 0 Å². The summed E-state index contributed by atoms with van der Waals surface area (Å²) in [5.41, 5.74) is 0. The fourth-order valence-electron chi connectivity index (χ4n) is 0.581. The van der Waals surface area contributed by atoms with Crippen LogP contribution in [0.15, 0.2) is 12.7 Å². The van der Waals surface area contributed by atoms with Gasteiger partial charge in [-0.15, -0.1) is 0 Å². The van der Waals surface area contributed by atoms with Crippen LogP contribution in [0.25, 0.3) is 0 Å². The van der Waals surface area contributed by atoms with Crippen molar-refractivity contribution >= 4 is 7.26 Å². The lowest BCUT2D eigenvalue weighted by atomic mass is 10.8. The van der Waals surface area contributed by atoms with Crippen LogP contribution in [0.5, 0.6) is 0 Å². The Morgan fingerprint density at radius 1 is 1.09 bits per heavy atom. The maximum absolute atomic E-state index is 8.79. The summed E-state index contributed by atoms with van der Waals surface area (Å²) < 4.78 is 0. The Labute approximate surface area is 77.9 Å². The van der Waals surface area contributed by atoms with Gasteiger partial charge in [0.15, 0.2) is 19.0 Å². The number of hydrogen-bond acceptors (Lipinski definition) is 3. The van der Waals surface area contributed by atoms with Gasteiger partial charge in [-0.1, -0.05) is 12.7 Å². The second-order valence-electron chi connectivity index (χ2n) is 2.24. The molecule has 0 aromatic heterocycles. The Balaban J connectivity index is 0. The summed E-state index contributed by atoms with van der Waals surface area (Å²) in [7, 11) is -1.89.